The molecule has 0 saturated carbocycles. The first kappa shape index (κ1) is 22.6. The van der Waals surface area contributed by atoms with Gasteiger partial charge in [0.25, 0.3) is 0 Å². The molecule has 1 aliphatic carbocycles. The van der Waals surface area contributed by atoms with Crippen molar-refractivity contribution >= 4 is 35.0 Å². The van der Waals surface area contributed by atoms with Gasteiger partial charge in [0.15, 0.2) is 5.78 Å². The van der Waals surface area contributed by atoms with Gasteiger partial charge in [-0.1, -0.05) is 59.6 Å². The van der Waals surface area contributed by atoms with Gasteiger partial charge >= 0.3 is 5.97 Å². The van der Waals surface area contributed by atoms with E-state index in [0.717, 1.165) is 16.8 Å². The van der Waals surface area contributed by atoms with Crippen molar-refractivity contribution in [3.05, 3.63) is 92.2 Å². The molecule has 2 aromatic carbocycles. The second-order valence-corrected chi connectivity index (χ2v) is 9.37. The van der Waals surface area contributed by atoms with Crippen LogP contribution in [0.5, 0.6) is 0 Å². The van der Waals surface area contributed by atoms with Gasteiger partial charge < -0.3 is 10.1 Å². The molecule has 32 heavy (non-hydrogen) atoms. The molecule has 166 valence electrons. The summed E-state index contributed by atoms with van der Waals surface area (Å²) in [4.78, 5) is 26.6. The molecule has 4 nitrogen and oxygen atoms in total. The topological polar surface area (TPSA) is 55.4 Å². The third-order valence-corrected chi connectivity index (χ3v) is 6.68. The number of ether oxygens (including phenoxy) is 1. The van der Waals surface area contributed by atoms with Gasteiger partial charge in [-0.3, -0.25) is 4.79 Å². The van der Waals surface area contributed by atoms with Gasteiger partial charge in [-0.15, -0.1) is 0 Å². The maximum Gasteiger partial charge on any atom is 0.337 e. The van der Waals surface area contributed by atoms with Gasteiger partial charge in [-0.2, -0.15) is 0 Å². The Balaban J connectivity index is 1.82. The fourth-order valence-corrected chi connectivity index (χ4v) is 4.88. The van der Waals surface area contributed by atoms with Gasteiger partial charge in [0.1, 0.15) is 0 Å². The zero-order chi connectivity index (χ0) is 23.0. The van der Waals surface area contributed by atoms with Crippen molar-refractivity contribution in [2.75, 3.05) is 0 Å². The first-order valence-electron chi connectivity index (χ1n) is 10.7. The van der Waals surface area contributed by atoms with E-state index in [2.05, 4.69) is 17.4 Å². The maximum absolute atomic E-state index is 13.5. The molecule has 0 spiro atoms. The number of halogens is 2. The normalized spacial score (nSPS) is 20.9. The van der Waals surface area contributed by atoms with E-state index in [9.17, 15) is 9.59 Å². The number of nitrogens with one attached hydrogen (secondary N) is 1. The lowest BCUT2D eigenvalue weighted by Gasteiger charge is -2.37. The van der Waals surface area contributed by atoms with Crippen molar-refractivity contribution < 1.29 is 14.3 Å². The van der Waals surface area contributed by atoms with Crippen molar-refractivity contribution in [1.82, 2.24) is 5.32 Å². The molecular formula is C26H25Cl2NO3. The summed E-state index contributed by atoms with van der Waals surface area (Å²) in [7, 11) is 0. The largest absolute Gasteiger partial charge is 0.460 e. The summed E-state index contributed by atoms with van der Waals surface area (Å²) < 4.78 is 5.54. The molecule has 4 rings (SSSR count). The Hall–Kier alpha value is -2.56. The van der Waals surface area contributed by atoms with Gasteiger partial charge in [0, 0.05) is 29.3 Å². The molecule has 0 unspecified atom stereocenters. The minimum Gasteiger partial charge on any atom is -0.460 e. The van der Waals surface area contributed by atoms with Gasteiger partial charge in [0.05, 0.1) is 21.7 Å². The number of esters is 1. The Bertz CT molecular complexity index is 1140. The summed E-state index contributed by atoms with van der Waals surface area (Å²) in [6.07, 6.45) is 0.790. The SMILES string of the molecule is CC1=C(C(=O)OC(C)C)[C@H](c2ccc(Cl)c(Cl)c2)C2=C(C[C@H](c3ccccc3)CC2=O)N1. The summed E-state index contributed by atoms with van der Waals surface area (Å²) >= 11 is 12.5. The van der Waals surface area contributed by atoms with Crippen LogP contribution < -0.4 is 5.32 Å². The van der Waals surface area contributed by atoms with Crippen LogP contribution >= 0.6 is 23.2 Å². The number of Topliss-reactive ketones (excluding diaryl/α,β-unsaturated/α-hetero) is 1. The Morgan fingerprint density at radius 2 is 1.75 bits per heavy atom. The third-order valence-electron chi connectivity index (χ3n) is 5.94. The number of carbonyl (C=O) groups is 2. The van der Waals surface area contributed by atoms with Gasteiger partial charge in [-0.25, -0.2) is 4.79 Å². The molecule has 2 aromatic rings. The Labute approximate surface area is 198 Å². The highest BCUT2D eigenvalue weighted by molar-refractivity contribution is 6.42. The predicted molar refractivity (Wildman–Crippen MR) is 127 cm³/mol. The van der Waals surface area contributed by atoms with E-state index < -0.39 is 11.9 Å². The molecule has 0 saturated heterocycles. The molecule has 0 fully saturated rings. The third kappa shape index (κ3) is 4.35. The highest BCUT2D eigenvalue weighted by Gasteiger charge is 2.41. The summed E-state index contributed by atoms with van der Waals surface area (Å²) in [5, 5.41) is 4.16. The minimum atomic E-state index is -0.559. The Morgan fingerprint density at radius 3 is 2.41 bits per heavy atom. The molecule has 1 N–H and O–H groups in total. The summed E-state index contributed by atoms with van der Waals surface area (Å²) in [5.41, 5.74) is 4.46. The second kappa shape index (κ2) is 9.13. The van der Waals surface area contributed by atoms with Gasteiger partial charge in [-0.05, 0) is 56.4 Å². The quantitative estimate of drug-likeness (QED) is 0.533. The van der Waals surface area contributed by atoms with E-state index in [1.165, 1.54) is 0 Å². The number of ketones is 1. The average Bonchev–Trinajstić information content (AvgIpc) is 2.74. The Morgan fingerprint density at radius 1 is 1.03 bits per heavy atom. The van der Waals surface area contributed by atoms with E-state index in [1.54, 1.807) is 26.0 Å². The van der Waals surface area contributed by atoms with E-state index in [0.29, 0.717) is 39.7 Å². The lowest BCUT2D eigenvalue weighted by molar-refractivity contribution is -0.143. The Kier molecular flexibility index (Phi) is 6.45. The van der Waals surface area contributed by atoms with Crippen LogP contribution in [0.4, 0.5) is 0 Å². The second-order valence-electron chi connectivity index (χ2n) is 8.56. The number of dihydropyridines is 1. The zero-order valence-electron chi connectivity index (χ0n) is 18.2. The van der Waals surface area contributed by atoms with Crippen LogP contribution in [0.15, 0.2) is 71.1 Å². The molecule has 0 amide bonds. The summed E-state index contributed by atoms with van der Waals surface area (Å²) in [6, 6.07) is 15.3. The van der Waals surface area contributed by atoms with Crippen molar-refractivity contribution in [3.8, 4) is 0 Å². The van der Waals surface area contributed by atoms with Gasteiger partial charge in [0.2, 0.25) is 0 Å². The summed E-state index contributed by atoms with van der Waals surface area (Å²) in [5.74, 6) is -0.894. The molecule has 1 heterocycles. The minimum absolute atomic E-state index is 0.0195. The van der Waals surface area contributed by atoms with Crippen molar-refractivity contribution in [2.24, 2.45) is 0 Å². The monoisotopic (exact) mass is 469 g/mol. The lowest BCUT2D eigenvalue weighted by atomic mass is 9.72. The van der Waals surface area contributed by atoms with Crippen LogP contribution in [0.1, 0.15) is 56.6 Å². The maximum atomic E-state index is 13.5. The number of rotatable bonds is 4. The first-order chi connectivity index (χ1) is 15.3. The fraction of sp³-hybridized carbons (Fsp3) is 0.308. The molecule has 6 heteroatoms. The molecule has 1 aliphatic heterocycles. The summed E-state index contributed by atoms with van der Waals surface area (Å²) in [6.45, 7) is 5.46. The number of benzene rings is 2. The van der Waals surface area contributed by atoms with Crippen molar-refractivity contribution in [1.29, 1.82) is 0 Å². The van der Waals surface area contributed by atoms with Crippen LogP contribution in [-0.4, -0.2) is 17.9 Å². The molecule has 2 atom stereocenters. The van der Waals surface area contributed by atoms with Crippen LogP contribution in [0.3, 0.4) is 0 Å². The van der Waals surface area contributed by atoms with Crippen molar-refractivity contribution in [3.63, 3.8) is 0 Å². The lowest BCUT2D eigenvalue weighted by Crippen LogP contribution is -2.36. The van der Waals surface area contributed by atoms with Crippen LogP contribution in [0.2, 0.25) is 10.0 Å². The molecule has 0 aromatic heterocycles. The number of hydrogen-bond acceptors (Lipinski definition) is 4. The highest BCUT2D eigenvalue weighted by Crippen LogP contribution is 2.46. The standard InChI is InChI=1S/C26H25Cl2NO3/c1-14(2)32-26(31)23-15(3)29-21-12-18(16-7-5-4-6-8-16)13-22(30)25(21)24(23)17-9-10-19(27)20(28)11-17/h4-11,14,18,24,29H,12-13H2,1-3H3/t18-,24-/m0/s1. The van der Waals surface area contributed by atoms with E-state index in [-0.39, 0.29) is 17.8 Å². The van der Waals surface area contributed by atoms with E-state index in [1.807, 2.05) is 31.2 Å². The van der Waals surface area contributed by atoms with Crippen LogP contribution in [0.25, 0.3) is 0 Å². The first-order valence-corrected chi connectivity index (χ1v) is 11.5. The smallest absolute Gasteiger partial charge is 0.337 e. The highest BCUT2D eigenvalue weighted by atomic mass is 35.5. The van der Waals surface area contributed by atoms with Crippen LogP contribution in [-0.2, 0) is 14.3 Å². The molecule has 0 bridgehead atoms. The fourth-order valence-electron chi connectivity index (χ4n) is 4.57. The average molecular weight is 470 g/mol. The van der Waals surface area contributed by atoms with E-state index in [4.69, 9.17) is 27.9 Å². The molecular weight excluding hydrogens is 445 g/mol. The predicted octanol–water partition coefficient (Wildman–Crippen LogP) is 6.31. The van der Waals surface area contributed by atoms with Crippen molar-refractivity contribution in [2.45, 2.75) is 51.6 Å². The number of allylic oxidation sites excluding steroid dienone is 3. The molecule has 0 radical (unpaired) electrons. The molecule has 2 aliphatic rings. The zero-order valence-corrected chi connectivity index (χ0v) is 19.8. The van der Waals surface area contributed by atoms with E-state index >= 15 is 0 Å². The number of carbonyl (C=O) groups excluding carboxylic acids is 2. The van der Waals surface area contributed by atoms with Crippen LogP contribution in [0, 0.1) is 0 Å². The number of hydrogen-bond donors (Lipinski definition) is 1.